The lowest BCUT2D eigenvalue weighted by Crippen LogP contribution is -2.47. The van der Waals surface area contributed by atoms with Crippen LogP contribution in [-0.4, -0.2) is 22.4 Å². The maximum atomic E-state index is 10.2. The highest BCUT2D eigenvalue weighted by molar-refractivity contribution is 5.28. The van der Waals surface area contributed by atoms with E-state index in [1.807, 2.05) is 32.0 Å². The largest absolute Gasteiger partial charge is 0.490 e. The molecule has 0 aliphatic heterocycles. The summed E-state index contributed by atoms with van der Waals surface area (Å²) in [4.78, 5) is 0. The smallest absolute Gasteiger partial charge is 0.120 e. The molecule has 0 bridgehead atoms. The maximum absolute atomic E-state index is 10.2. The van der Waals surface area contributed by atoms with Crippen molar-refractivity contribution in [3.63, 3.8) is 0 Å². The SMILES string of the molecule is CC(C)(O)C(C)(C)OCc1cccc(O[C@H]2CC[C@H](C(C)(C)C)CC2)c1. The van der Waals surface area contributed by atoms with Gasteiger partial charge in [-0.25, -0.2) is 0 Å². The average Bonchev–Trinajstić information content (AvgIpc) is 2.52. The molecule has 1 aliphatic rings. The molecule has 2 rings (SSSR count). The van der Waals surface area contributed by atoms with Gasteiger partial charge in [-0.15, -0.1) is 0 Å². The highest BCUT2D eigenvalue weighted by Crippen LogP contribution is 2.38. The van der Waals surface area contributed by atoms with Crippen LogP contribution in [0.15, 0.2) is 24.3 Å². The molecule has 1 N–H and O–H groups in total. The molecule has 0 saturated heterocycles. The van der Waals surface area contributed by atoms with Gasteiger partial charge >= 0.3 is 0 Å². The molecule has 1 saturated carbocycles. The van der Waals surface area contributed by atoms with Crippen molar-refractivity contribution in [2.75, 3.05) is 0 Å². The Morgan fingerprint density at radius 3 is 2.12 bits per heavy atom. The summed E-state index contributed by atoms with van der Waals surface area (Å²) in [5.41, 5.74) is -0.0412. The number of ether oxygens (including phenoxy) is 2. The quantitative estimate of drug-likeness (QED) is 0.701. The fourth-order valence-corrected chi connectivity index (χ4v) is 3.39. The summed E-state index contributed by atoms with van der Waals surface area (Å²) in [7, 11) is 0. The fraction of sp³-hybridized carbons (Fsp3) is 0.739. The molecule has 0 unspecified atom stereocenters. The first kappa shape index (κ1) is 21.2. The van der Waals surface area contributed by atoms with Crippen molar-refractivity contribution < 1.29 is 14.6 Å². The predicted molar refractivity (Wildman–Crippen MR) is 107 cm³/mol. The van der Waals surface area contributed by atoms with E-state index in [0.717, 1.165) is 30.1 Å². The van der Waals surface area contributed by atoms with Gasteiger partial charge in [0.2, 0.25) is 0 Å². The van der Waals surface area contributed by atoms with Gasteiger partial charge in [-0.05, 0) is 82.4 Å². The van der Waals surface area contributed by atoms with Crippen molar-refractivity contribution in [3.05, 3.63) is 29.8 Å². The van der Waals surface area contributed by atoms with Crippen molar-refractivity contribution in [1.29, 1.82) is 0 Å². The van der Waals surface area contributed by atoms with Crippen molar-refractivity contribution in [2.45, 2.75) is 98.1 Å². The zero-order chi connectivity index (χ0) is 19.6. The molecule has 0 atom stereocenters. The fourth-order valence-electron chi connectivity index (χ4n) is 3.39. The number of benzene rings is 1. The van der Waals surface area contributed by atoms with Gasteiger partial charge in [0.15, 0.2) is 0 Å². The Bertz CT molecular complexity index is 570. The van der Waals surface area contributed by atoms with E-state index in [1.165, 1.54) is 12.8 Å². The number of hydrogen-bond donors (Lipinski definition) is 1. The first-order valence-electron chi connectivity index (χ1n) is 10.0. The Morgan fingerprint density at radius 2 is 1.58 bits per heavy atom. The second-order valence-electron chi connectivity index (χ2n) is 9.96. The highest BCUT2D eigenvalue weighted by atomic mass is 16.5. The lowest BCUT2D eigenvalue weighted by Gasteiger charge is -2.37. The Morgan fingerprint density at radius 1 is 0.962 bits per heavy atom. The number of rotatable bonds is 6. The zero-order valence-corrected chi connectivity index (χ0v) is 17.8. The third-order valence-electron chi connectivity index (χ3n) is 6.17. The first-order chi connectivity index (χ1) is 11.9. The highest BCUT2D eigenvalue weighted by Gasteiger charge is 2.36. The lowest BCUT2D eigenvalue weighted by molar-refractivity contribution is -0.153. The average molecular weight is 363 g/mol. The molecule has 26 heavy (non-hydrogen) atoms. The van der Waals surface area contributed by atoms with Crippen LogP contribution in [0.2, 0.25) is 0 Å². The minimum atomic E-state index is -0.896. The summed E-state index contributed by atoms with van der Waals surface area (Å²) in [5, 5.41) is 10.2. The molecule has 0 amide bonds. The van der Waals surface area contributed by atoms with Gasteiger partial charge in [-0.1, -0.05) is 32.9 Å². The van der Waals surface area contributed by atoms with Crippen LogP contribution in [0.25, 0.3) is 0 Å². The van der Waals surface area contributed by atoms with Crippen molar-refractivity contribution >= 4 is 0 Å². The van der Waals surface area contributed by atoms with E-state index < -0.39 is 11.2 Å². The van der Waals surface area contributed by atoms with Gasteiger partial charge < -0.3 is 14.6 Å². The van der Waals surface area contributed by atoms with Crippen LogP contribution in [0.5, 0.6) is 5.75 Å². The van der Waals surface area contributed by atoms with Crippen LogP contribution < -0.4 is 4.74 Å². The lowest BCUT2D eigenvalue weighted by atomic mass is 9.72. The third kappa shape index (κ3) is 5.72. The minimum absolute atomic E-state index is 0.317. The van der Waals surface area contributed by atoms with Crippen LogP contribution in [0.1, 0.15) is 79.7 Å². The van der Waals surface area contributed by atoms with E-state index in [1.54, 1.807) is 13.8 Å². The molecule has 1 aromatic carbocycles. The van der Waals surface area contributed by atoms with Gasteiger partial charge in [-0.2, -0.15) is 0 Å². The van der Waals surface area contributed by atoms with Crippen molar-refractivity contribution in [1.82, 2.24) is 0 Å². The topological polar surface area (TPSA) is 38.7 Å². The summed E-state index contributed by atoms with van der Waals surface area (Å²) < 4.78 is 12.2. The van der Waals surface area contributed by atoms with E-state index >= 15 is 0 Å². The van der Waals surface area contributed by atoms with Crippen LogP contribution >= 0.6 is 0 Å². The summed E-state index contributed by atoms with van der Waals surface area (Å²) in [5.74, 6) is 1.72. The van der Waals surface area contributed by atoms with Gasteiger partial charge in [0, 0.05) is 0 Å². The molecule has 1 aromatic rings. The number of aliphatic hydroxyl groups is 1. The van der Waals surface area contributed by atoms with E-state index in [2.05, 4.69) is 26.8 Å². The predicted octanol–water partition coefficient (Wildman–Crippen LogP) is 5.74. The monoisotopic (exact) mass is 362 g/mol. The van der Waals surface area contributed by atoms with Crippen LogP contribution in [0.4, 0.5) is 0 Å². The van der Waals surface area contributed by atoms with Gasteiger partial charge in [0.25, 0.3) is 0 Å². The Balaban J connectivity index is 1.90. The second kappa shape index (κ2) is 7.90. The molecular formula is C23H38O3. The molecule has 0 radical (unpaired) electrons. The molecule has 148 valence electrons. The number of hydrogen-bond acceptors (Lipinski definition) is 3. The summed E-state index contributed by atoms with van der Waals surface area (Å²) in [6.07, 6.45) is 5.08. The molecule has 3 nitrogen and oxygen atoms in total. The molecule has 1 fully saturated rings. The summed E-state index contributed by atoms with van der Waals surface area (Å²) in [6.45, 7) is 14.9. The van der Waals surface area contributed by atoms with Gasteiger partial charge in [0.1, 0.15) is 5.75 Å². The molecular weight excluding hydrogens is 324 g/mol. The van der Waals surface area contributed by atoms with Crippen molar-refractivity contribution in [2.24, 2.45) is 11.3 Å². The van der Waals surface area contributed by atoms with E-state index in [-0.39, 0.29) is 0 Å². The molecule has 3 heteroatoms. The Labute approximate surface area is 160 Å². The minimum Gasteiger partial charge on any atom is -0.490 e. The second-order valence-corrected chi connectivity index (χ2v) is 9.96. The molecule has 0 spiro atoms. The first-order valence-corrected chi connectivity index (χ1v) is 10.0. The third-order valence-corrected chi connectivity index (χ3v) is 6.17. The van der Waals surface area contributed by atoms with Gasteiger partial charge in [0.05, 0.1) is 23.9 Å². The Hall–Kier alpha value is -1.06. The summed E-state index contributed by atoms with van der Waals surface area (Å²) >= 11 is 0. The zero-order valence-electron chi connectivity index (χ0n) is 17.8. The van der Waals surface area contributed by atoms with Crippen LogP contribution in [0, 0.1) is 11.3 Å². The molecule has 0 heterocycles. The molecule has 1 aliphatic carbocycles. The standard InChI is InChI=1S/C23H38O3/c1-21(2,3)18-11-13-19(14-12-18)26-20-10-8-9-17(15-20)16-25-23(6,7)22(4,5)24/h8-10,15,18-19,24H,11-14,16H2,1-7H3/t18-,19-. The normalized spacial score (nSPS) is 22.3. The van der Waals surface area contributed by atoms with E-state index in [4.69, 9.17) is 9.47 Å². The van der Waals surface area contributed by atoms with Crippen molar-refractivity contribution in [3.8, 4) is 5.75 Å². The maximum Gasteiger partial charge on any atom is 0.120 e. The van der Waals surface area contributed by atoms with Crippen LogP contribution in [-0.2, 0) is 11.3 Å². The summed E-state index contributed by atoms with van der Waals surface area (Å²) in [6, 6.07) is 8.16. The van der Waals surface area contributed by atoms with Crippen LogP contribution in [0.3, 0.4) is 0 Å². The van der Waals surface area contributed by atoms with Gasteiger partial charge in [-0.3, -0.25) is 0 Å². The van der Waals surface area contributed by atoms with E-state index in [9.17, 15) is 5.11 Å². The Kier molecular flexibility index (Phi) is 6.45. The van der Waals surface area contributed by atoms with E-state index in [0.29, 0.717) is 18.1 Å². The molecule has 0 aromatic heterocycles.